The van der Waals surface area contributed by atoms with Crippen LogP contribution in [0.1, 0.15) is 16.7 Å². The summed E-state index contributed by atoms with van der Waals surface area (Å²) >= 11 is 0. The molecule has 1 aromatic rings. The first-order valence-electron chi connectivity index (χ1n) is 11.5. The molecule has 0 radical (unpaired) electrons. The minimum Gasteiger partial charge on any atom is -0.394 e. The van der Waals surface area contributed by atoms with Gasteiger partial charge in [-0.1, -0.05) is 23.7 Å². The van der Waals surface area contributed by atoms with Crippen molar-refractivity contribution in [2.24, 2.45) is 0 Å². The second-order valence-corrected chi connectivity index (χ2v) is 8.65. The number of hydrogen-bond donors (Lipinski definition) is 8. The fourth-order valence-corrected chi connectivity index (χ4v) is 3.96. The molecule has 10 unspecified atom stereocenters. The van der Waals surface area contributed by atoms with E-state index in [1.54, 1.807) is 25.3 Å². The largest absolute Gasteiger partial charge is 0.394 e. The van der Waals surface area contributed by atoms with Gasteiger partial charge in [-0.3, -0.25) is 0 Å². The van der Waals surface area contributed by atoms with Crippen LogP contribution in [0.4, 0.5) is 0 Å². The summed E-state index contributed by atoms with van der Waals surface area (Å²) < 4.78 is 16.0. The zero-order valence-corrected chi connectivity index (χ0v) is 19.6. The Labute approximate surface area is 208 Å². The second-order valence-electron chi connectivity index (χ2n) is 8.65. The van der Waals surface area contributed by atoms with E-state index < -0.39 is 74.3 Å². The molecule has 0 aromatic heterocycles. The summed E-state index contributed by atoms with van der Waals surface area (Å²) in [5, 5.41) is 78.7. The SMILES string of the molecule is COCCc1cc(C#CC2OC(CO)C(O)C(O)C2O)ccc1C#CC1OC(CO)C(O)C(O)C1O. The molecule has 0 bridgehead atoms. The molecule has 8 N–H and O–H groups in total. The van der Waals surface area contributed by atoms with E-state index in [0.29, 0.717) is 24.2 Å². The number of aliphatic hydroxyl groups is 8. The smallest absolute Gasteiger partial charge is 0.147 e. The van der Waals surface area contributed by atoms with Gasteiger partial charge in [0, 0.05) is 18.2 Å². The van der Waals surface area contributed by atoms with Crippen LogP contribution in [0.5, 0.6) is 0 Å². The summed E-state index contributed by atoms with van der Waals surface area (Å²) in [7, 11) is 1.54. The third-order valence-corrected chi connectivity index (χ3v) is 6.17. The fraction of sp³-hybridized carbons (Fsp3) is 0.600. The number of aliphatic hydroxyl groups excluding tert-OH is 8. The van der Waals surface area contributed by atoms with Gasteiger partial charge in [-0.2, -0.15) is 0 Å². The topological polar surface area (TPSA) is 190 Å². The monoisotopic (exact) mass is 508 g/mol. The lowest BCUT2D eigenvalue weighted by atomic mass is 9.94. The van der Waals surface area contributed by atoms with Crippen LogP contribution in [0.25, 0.3) is 0 Å². The molecule has 0 spiro atoms. The van der Waals surface area contributed by atoms with E-state index in [4.69, 9.17) is 14.2 Å². The lowest BCUT2D eigenvalue weighted by Gasteiger charge is -2.37. The van der Waals surface area contributed by atoms with E-state index in [1.807, 2.05) is 0 Å². The van der Waals surface area contributed by atoms with E-state index in [2.05, 4.69) is 23.7 Å². The first-order valence-corrected chi connectivity index (χ1v) is 11.5. The Hall–Kier alpha value is -2.10. The average molecular weight is 509 g/mol. The van der Waals surface area contributed by atoms with Crippen LogP contribution in [-0.4, -0.2) is 129 Å². The molecular formula is C25H32O11. The van der Waals surface area contributed by atoms with E-state index in [-0.39, 0.29) is 0 Å². The molecule has 0 saturated carbocycles. The highest BCUT2D eigenvalue weighted by Crippen LogP contribution is 2.22. The molecule has 10 atom stereocenters. The van der Waals surface area contributed by atoms with Crippen LogP contribution in [0.15, 0.2) is 18.2 Å². The zero-order chi connectivity index (χ0) is 26.4. The van der Waals surface area contributed by atoms with Crippen LogP contribution in [0, 0.1) is 23.7 Å². The fourth-order valence-electron chi connectivity index (χ4n) is 3.96. The molecular weight excluding hydrogens is 476 g/mol. The standard InChI is InChI=1S/C25H32O11/c1-34-9-8-15-10-13(3-6-16-20(28)24(32)22(30)18(11-26)35-16)2-4-14(15)5-7-17-21(29)25(33)23(31)19(12-27)36-17/h2,4,10,16-33H,8-9,11-12H2,1H3. The van der Waals surface area contributed by atoms with Crippen LogP contribution in [0.3, 0.4) is 0 Å². The maximum Gasteiger partial charge on any atom is 0.147 e. The number of ether oxygens (including phenoxy) is 3. The Kier molecular flexibility index (Phi) is 10.2. The van der Waals surface area contributed by atoms with Crippen molar-refractivity contribution in [1.29, 1.82) is 0 Å². The first kappa shape index (κ1) is 28.5. The summed E-state index contributed by atoms with van der Waals surface area (Å²) in [5.74, 6) is 11.2. The molecule has 2 aliphatic heterocycles. The van der Waals surface area contributed by atoms with Gasteiger partial charge in [-0.05, 0) is 30.2 Å². The molecule has 0 aliphatic carbocycles. The van der Waals surface area contributed by atoms with Gasteiger partial charge >= 0.3 is 0 Å². The summed E-state index contributed by atoms with van der Waals surface area (Å²) in [6.45, 7) is -0.728. The number of benzene rings is 1. The highest BCUT2D eigenvalue weighted by molar-refractivity contribution is 5.48. The van der Waals surface area contributed by atoms with Gasteiger partial charge in [0.05, 0.1) is 19.8 Å². The minimum absolute atomic E-state index is 0.373. The Morgan fingerprint density at radius 1 is 0.750 bits per heavy atom. The summed E-state index contributed by atoms with van der Waals surface area (Å²) in [6, 6.07) is 5.08. The summed E-state index contributed by atoms with van der Waals surface area (Å²) in [4.78, 5) is 0. The first-order chi connectivity index (χ1) is 17.2. The third kappa shape index (κ3) is 6.42. The molecule has 0 amide bonds. The lowest BCUT2D eigenvalue weighted by molar-refractivity contribution is -0.214. The van der Waals surface area contributed by atoms with Crippen LogP contribution < -0.4 is 0 Å². The van der Waals surface area contributed by atoms with Gasteiger partial charge in [0.15, 0.2) is 0 Å². The number of methoxy groups -OCH3 is 1. The van der Waals surface area contributed by atoms with Gasteiger partial charge in [0.2, 0.25) is 0 Å². The molecule has 3 rings (SSSR count). The maximum absolute atomic E-state index is 10.2. The van der Waals surface area contributed by atoms with Gasteiger partial charge in [-0.15, -0.1) is 0 Å². The Morgan fingerprint density at radius 3 is 1.78 bits per heavy atom. The lowest BCUT2D eigenvalue weighted by Crippen LogP contribution is -2.58. The van der Waals surface area contributed by atoms with Crippen molar-refractivity contribution in [3.8, 4) is 23.7 Å². The molecule has 198 valence electrons. The van der Waals surface area contributed by atoms with E-state index >= 15 is 0 Å². The molecule has 2 saturated heterocycles. The van der Waals surface area contributed by atoms with Crippen molar-refractivity contribution in [3.05, 3.63) is 34.9 Å². The molecule has 1 aromatic carbocycles. The molecule has 36 heavy (non-hydrogen) atoms. The Bertz CT molecular complexity index is 989. The molecule has 2 heterocycles. The molecule has 11 nitrogen and oxygen atoms in total. The minimum atomic E-state index is -1.52. The quantitative estimate of drug-likeness (QED) is 0.183. The van der Waals surface area contributed by atoms with Crippen molar-refractivity contribution < 1.29 is 55.1 Å². The van der Waals surface area contributed by atoms with Crippen LogP contribution in [0.2, 0.25) is 0 Å². The predicted octanol–water partition coefficient (Wildman–Crippen LogP) is -3.74. The van der Waals surface area contributed by atoms with Crippen molar-refractivity contribution in [2.45, 2.75) is 67.5 Å². The average Bonchev–Trinajstić information content (AvgIpc) is 2.89. The normalized spacial score (nSPS) is 36.4. The Balaban J connectivity index is 1.83. The van der Waals surface area contributed by atoms with Crippen molar-refractivity contribution in [1.82, 2.24) is 0 Å². The molecule has 11 heteroatoms. The molecule has 2 aliphatic rings. The van der Waals surface area contributed by atoms with Gasteiger partial charge < -0.3 is 55.1 Å². The summed E-state index contributed by atoms with van der Waals surface area (Å²) in [6.07, 6.45) is -12.8. The van der Waals surface area contributed by atoms with Gasteiger partial charge in [-0.25, -0.2) is 0 Å². The van der Waals surface area contributed by atoms with E-state index in [9.17, 15) is 40.9 Å². The zero-order valence-electron chi connectivity index (χ0n) is 19.6. The summed E-state index contributed by atoms with van der Waals surface area (Å²) in [5.41, 5.74) is 1.85. The van der Waals surface area contributed by atoms with Crippen LogP contribution >= 0.6 is 0 Å². The maximum atomic E-state index is 10.2. The molecule has 2 fully saturated rings. The van der Waals surface area contributed by atoms with Gasteiger partial charge in [0.25, 0.3) is 0 Å². The second kappa shape index (κ2) is 12.9. The predicted molar refractivity (Wildman–Crippen MR) is 123 cm³/mol. The van der Waals surface area contributed by atoms with Crippen LogP contribution in [-0.2, 0) is 20.6 Å². The van der Waals surface area contributed by atoms with Crippen molar-refractivity contribution in [3.63, 3.8) is 0 Å². The number of rotatable bonds is 5. The third-order valence-electron chi connectivity index (χ3n) is 6.17. The number of hydrogen-bond acceptors (Lipinski definition) is 11. The van der Waals surface area contributed by atoms with E-state index in [1.165, 1.54) is 0 Å². The highest BCUT2D eigenvalue weighted by Gasteiger charge is 2.43. The van der Waals surface area contributed by atoms with Gasteiger partial charge in [0.1, 0.15) is 61.0 Å². The van der Waals surface area contributed by atoms with E-state index in [0.717, 1.165) is 5.56 Å². The van der Waals surface area contributed by atoms with Crippen molar-refractivity contribution in [2.75, 3.05) is 26.9 Å². The highest BCUT2D eigenvalue weighted by atomic mass is 16.5. The Morgan fingerprint density at radius 2 is 1.28 bits per heavy atom. The van der Waals surface area contributed by atoms with Crippen molar-refractivity contribution >= 4 is 0 Å².